The maximum Gasteiger partial charge on any atom is 0.130 e. The lowest BCUT2D eigenvalue weighted by Gasteiger charge is -2.06. The van der Waals surface area contributed by atoms with Crippen LogP contribution >= 0.6 is 27.3 Å². The highest BCUT2D eigenvalue weighted by molar-refractivity contribution is 9.10. The topological polar surface area (TPSA) is 53.0 Å². The fraction of sp³-hybridized carbons (Fsp3) is 0.0588. The van der Waals surface area contributed by atoms with Gasteiger partial charge in [-0.2, -0.15) is 0 Å². The normalized spacial score (nSPS) is 11.8. The molecular formula is C17H10BrFNO2S-. The molecule has 2 aromatic carbocycles. The molecule has 1 aromatic heterocycles. The Morgan fingerprint density at radius 1 is 1.30 bits per heavy atom. The summed E-state index contributed by atoms with van der Waals surface area (Å²) in [7, 11) is 0. The zero-order valence-electron chi connectivity index (χ0n) is 11.8. The molecule has 0 aliphatic rings. The van der Waals surface area contributed by atoms with Crippen LogP contribution in [0, 0.1) is 5.82 Å². The molecule has 23 heavy (non-hydrogen) atoms. The number of benzene rings is 2. The SMILES string of the molecule is O=C([O-])C/C(=C\c1cc(Br)ccc1F)c1nc2ccccc2s1. The quantitative estimate of drug-likeness (QED) is 0.679. The Balaban J connectivity index is 2.11. The molecule has 6 heteroatoms. The molecule has 0 N–H and O–H groups in total. The molecule has 116 valence electrons. The molecular weight excluding hydrogens is 381 g/mol. The van der Waals surface area contributed by atoms with Crippen LogP contribution in [0.5, 0.6) is 0 Å². The molecule has 0 unspecified atom stereocenters. The summed E-state index contributed by atoms with van der Waals surface area (Å²) in [6.45, 7) is 0. The van der Waals surface area contributed by atoms with Crippen LogP contribution in [0.4, 0.5) is 4.39 Å². The third-order valence-electron chi connectivity index (χ3n) is 3.19. The van der Waals surface area contributed by atoms with Crippen molar-refractivity contribution in [2.45, 2.75) is 6.42 Å². The van der Waals surface area contributed by atoms with Crippen LogP contribution in [0.25, 0.3) is 21.9 Å². The number of aliphatic carboxylic acids is 1. The molecule has 0 saturated carbocycles. The third kappa shape index (κ3) is 3.65. The minimum absolute atomic E-state index is 0.301. The number of carbonyl (C=O) groups excluding carboxylic acids is 1. The number of halogens is 2. The van der Waals surface area contributed by atoms with Gasteiger partial charge in [-0.1, -0.05) is 28.1 Å². The Morgan fingerprint density at radius 2 is 2.09 bits per heavy atom. The number of thiazole rings is 1. The second-order valence-electron chi connectivity index (χ2n) is 4.87. The van der Waals surface area contributed by atoms with Gasteiger partial charge >= 0.3 is 0 Å². The van der Waals surface area contributed by atoms with E-state index >= 15 is 0 Å². The van der Waals surface area contributed by atoms with Crippen LogP contribution in [0.15, 0.2) is 46.9 Å². The van der Waals surface area contributed by atoms with E-state index in [0.29, 0.717) is 20.6 Å². The fourth-order valence-electron chi connectivity index (χ4n) is 2.17. The molecule has 3 aromatic rings. The zero-order chi connectivity index (χ0) is 16.4. The van der Waals surface area contributed by atoms with Crippen LogP contribution < -0.4 is 5.11 Å². The van der Waals surface area contributed by atoms with Gasteiger partial charge in [0.1, 0.15) is 10.8 Å². The van der Waals surface area contributed by atoms with Crippen molar-refractivity contribution < 1.29 is 14.3 Å². The summed E-state index contributed by atoms with van der Waals surface area (Å²) in [4.78, 5) is 15.5. The Morgan fingerprint density at radius 3 is 2.83 bits per heavy atom. The Bertz CT molecular complexity index is 887. The maximum atomic E-state index is 13.9. The molecule has 0 fully saturated rings. The van der Waals surface area contributed by atoms with Gasteiger partial charge in [0.05, 0.1) is 10.2 Å². The largest absolute Gasteiger partial charge is 0.550 e. The second-order valence-corrected chi connectivity index (χ2v) is 6.82. The van der Waals surface area contributed by atoms with Gasteiger partial charge in [0, 0.05) is 22.4 Å². The van der Waals surface area contributed by atoms with Crippen LogP contribution in [0.3, 0.4) is 0 Å². The molecule has 0 atom stereocenters. The summed E-state index contributed by atoms with van der Waals surface area (Å²) in [5.41, 5.74) is 1.50. The smallest absolute Gasteiger partial charge is 0.130 e. The van der Waals surface area contributed by atoms with E-state index in [9.17, 15) is 14.3 Å². The van der Waals surface area contributed by atoms with Crippen molar-refractivity contribution in [2.75, 3.05) is 0 Å². The third-order valence-corrected chi connectivity index (χ3v) is 4.80. The van der Waals surface area contributed by atoms with Gasteiger partial charge in [-0.05, 0) is 42.0 Å². The van der Waals surface area contributed by atoms with Crippen molar-refractivity contribution >= 4 is 55.1 Å². The molecule has 0 saturated heterocycles. The van der Waals surface area contributed by atoms with Gasteiger partial charge in [0.25, 0.3) is 0 Å². The lowest BCUT2D eigenvalue weighted by Crippen LogP contribution is -2.22. The maximum absolute atomic E-state index is 13.9. The number of rotatable bonds is 4. The number of nitrogens with zero attached hydrogens (tertiary/aromatic N) is 1. The first-order valence-electron chi connectivity index (χ1n) is 6.74. The molecule has 0 spiro atoms. The fourth-order valence-corrected chi connectivity index (χ4v) is 3.52. The van der Waals surface area contributed by atoms with Crippen LogP contribution in [-0.4, -0.2) is 11.0 Å². The number of carboxylic acids is 1. The Hall–Kier alpha value is -2.05. The molecule has 0 amide bonds. The van der Waals surface area contributed by atoms with Gasteiger partial charge in [0.2, 0.25) is 0 Å². The molecule has 3 nitrogen and oxygen atoms in total. The van der Waals surface area contributed by atoms with Crippen LogP contribution in [-0.2, 0) is 4.79 Å². The summed E-state index contributed by atoms with van der Waals surface area (Å²) < 4.78 is 15.6. The number of aromatic nitrogens is 1. The van der Waals surface area contributed by atoms with Crippen molar-refractivity contribution in [3.05, 3.63) is 63.3 Å². The molecule has 0 aliphatic carbocycles. The average Bonchev–Trinajstić information content (AvgIpc) is 2.93. The predicted molar refractivity (Wildman–Crippen MR) is 91.2 cm³/mol. The standard InChI is InChI=1S/C17H11BrFNO2S/c18-12-5-6-13(19)10(8-12)7-11(9-16(21)22)17-20-14-3-1-2-4-15(14)23-17/h1-8H,9H2,(H,21,22)/p-1/b11-7+. The number of carboxylic acid groups (broad SMARTS) is 1. The Kier molecular flexibility index (Phi) is 4.54. The van der Waals surface area contributed by atoms with Gasteiger partial charge in [0.15, 0.2) is 0 Å². The summed E-state index contributed by atoms with van der Waals surface area (Å²) >= 11 is 4.66. The van der Waals surface area contributed by atoms with E-state index in [0.717, 1.165) is 10.2 Å². The number of fused-ring (bicyclic) bond motifs is 1. The van der Waals surface area contributed by atoms with E-state index in [4.69, 9.17) is 0 Å². The van der Waals surface area contributed by atoms with E-state index in [2.05, 4.69) is 20.9 Å². The van der Waals surface area contributed by atoms with Crippen LogP contribution in [0.2, 0.25) is 0 Å². The highest BCUT2D eigenvalue weighted by atomic mass is 79.9. The second kappa shape index (κ2) is 6.60. The number of carbonyl (C=O) groups is 1. The summed E-state index contributed by atoms with van der Waals surface area (Å²) in [6, 6.07) is 12.0. The van der Waals surface area contributed by atoms with Crippen molar-refractivity contribution in [1.29, 1.82) is 0 Å². The monoisotopic (exact) mass is 390 g/mol. The van der Waals surface area contributed by atoms with Crippen molar-refractivity contribution in [3.63, 3.8) is 0 Å². The Labute approximate surface area is 144 Å². The molecule has 3 rings (SSSR count). The molecule has 0 radical (unpaired) electrons. The minimum Gasteiger partial charge on any atom is -0.550 e. The van der Waals surface area contributed by atoms with E-state index in [1.54, 1.807) is 12.1 Å². The van der Waals surface area contributed by atoms with Gasteiger partial charge in [-0.25, -0.2) is 9.37 Å². The molecule has 0 bridgehead atoms. The van der Waals surface area contributed by atoms with Gasteiger partial charge in [-0.3, -0.25) is 0 Å². The summed E-state index contributed by atoms with van der Waals surface area (Å²) in [5.74, 6) is -1.66. The van der Waals surface area contributed by atoms with E-state index in [-0.39, 0.29) is 6.42 Å². The zero-order valence-corrected chi connectivity index (χ0v) is 14.2. The van der Waals surface area contributed by atoms with Gasteiger partial charge in [-0.15, -0.1) is 11.3 Å². The predicted octanol–water partition coefficient (Wildman–Crippen LogP) is 3.88. The highest BCUT2D eigenvalue weighted by Crippen LogP contribution is 2.31. The summed E-state index contributed by atoms with van der Waals surface area (Å²) in [6.07, 6.45) is 1.18. The number of hydrogen-bond donors (Lipinski definition) is 0. The van der Waals surface area contributed by atoms with E-state index in [1.165, 1.54) is 23.5 Å². The molecule has 1 heterocycles. The number of hydrogen-bond acceptors (Lipinski definition) is 4. The number of para-hydroxylation sites is 1. The lowest BCUT2D eigenvalue weighted by molar-refractivity contribution is -0.304. The average molecular weight is 391 g/mol. The first-order valence-corrected chi connectivity index (χ1v) is 8.35. The van der Waals surface area contributed by atoms with Crippen molar-refractivity contribution in [2.24, 2.45) is 0 Å². The first kappa shape index (κ1) is 15.8. The minimum atomic E-state index is -1.23. The lowest BCUT2D eigenvalue weighted by atomic mass is 10.1. The van der Waals surface area contributed by atoms with Crippen LogP contribution in [0.1, 0.15) is 17.0 Å². The van der Waals surface area contributed by atoms with Crippen molar-refractivity contribution in [3.8, 4) is 0 Å². The van der Waals surface area contributed by atoms with E-state index < -0.39 is 11.8 Å². The highest BCUT2D eigenvalue weighted by Gasteiger charge is 2.11. The summed E-state index contributed by atoms with van der Waals surface area (Å²) in [5, 5.41) is 11.6. The van der Waals surface area contributed by atoms with Gasteiger partial charge < -0.3 is 9.90 Å². The molecule has 0 aliphatic heterocycles. The van der Waals surface area contributed by atoms with E-state index in [1.807, 2.05) is 24.3 Å². The first-order chi connectivity index (χ1) is 11.0. The van der Waals surface area contributed by atoms with Crippen molar-refractivity contribution in [1.82, 2.24) is 4.98 Å².